The number of ether oxygens (including phenoxy) is 1. The van der Waals surface area contributed by atoms with E-state index in [2.05, 4.69) is 27.9 Å². The highest BCUT2D eigenvalue weighted by Crippen LogP contribution is 2.19. The van der Waals surface area contributed by atoms with Crippen LogP contribution in [0.5, 0.6) is 0 Å². The highest BCUT2D eigenvalue weighted by Gasteiger charge is 2.17. The van der Waals surface area contributed by atoms with Crippen LogP contribution in [0.1, 0.15) is 23.2 Å². The Morgan fingerprint density at radius 2 is 2.41 bits per heavy atom. The number of carbonyl (C=O) groups excluding carboxylic acids is 1. The van der Waals surface area contributed by atoms with Gasteiger partial charge in [-0.2, -0.15) is 0 Å². The van der Waals surface area contributed by atoms with Gasteiger partial charge in [-0.3, -0.25) is 4.79 Å². The van der Waals surface area contributed by atoms with Crippen molar-refractivity contribution in [1.82, 2.24) is 5.32 Å². The fraction of sp³-hybridized carbons (Fsp3) is 0.417. The van der Waals surface area contributed by atoms with Crippen LogP contribution in [0.3, 0.4) is 0 Å². The van der Waals surface area contributed by atoms with Crippen LogP contribution in [0.4, 0.5) is 0 Å². The summed E-state index contributed by atoms with van der Waals surface area (Å²) in [4.78, 5) is 11.9. The van der Waals surface area contributed by atoms with Gasteiger partial charge in [0.1, 0.15) is 0 Å². The maximum absolute atomic E-state index is 11.9. The first-order valence-electron chi connectivity index (χ1n) is 5.51. The van der Waals surface area contributed by atoms with Gasteiger partial charge in [0.05, 0.1) is 16.7 Å². The minimum absolute atomic E-state index is 0.135. The van der Waals surface area contributed by atoms with Gasteiger partial charge in [0.2, 0.25) is 0 Å². The van der Waals surface area contributed by atoms with Crippen LogP contribution in [0, 0.1) is 3.57 Å². The van der Waals surface area contributed by atoms with E-state index in [-0.39, 0.29) is 12.0 Å². The largest absolute Gasteiger partial charge is 0.376 e. The molecule has 17 heavy (non-hydrogen) atoms. The molecule has 1 heterocycles. The van der Waals surface area contributed by atoms with E-state index >= 15 is 0 Å². The second-order valence-electron chi connectivity index (χ2n) is 3.97. The molecule has 1 aromatic carbocycles. The third-order valence-electron chi connectivity index (χ3n) is 2.69. The van der Waals surface area contributed by atoms with Crippen molar-refractivity contribution in [2.75, 3.05) is 13.2 Å². The number of amides is 1. The lowest BCUT2D eigenvalue weighted by molar-refractivity contribution is 0.0858. The number of nitrogens with one attached hydrogen (secondary N) is 1. The van der Waals surface area contributed by atoms with Crippen molar-refractivity contribution in [1.29, 1.82) is 0 Å². The second kappa shape index (κ2) is 6.02. The lowest BCUT2D eigenvalue weighted by Crippen LogP contribution is -2.31. The summed E-state index contributed by atoms with van der Waals surface area (Å²) in [5.74, 6) is -0.135. The van der Waals surface area contributed by atoms with Gasteiger partial charge in [-0.05, 0) is 53.6 Å². The predicted octanol–water partition coefficient (Wildman–Crippen LogP) is 2.85. The lowest BCUT2D eigenvalue weighted by Gasteiger charge is -2.11. The van der Waals surface area contributed by atoms with Gasteiger partial charge in [-0.1, -0.05) is 11.6 Å². The predicted molar refractivity (Wildman–Crippen MR) is 75.5 cm³/mol. The Kier molecular flexibility index (Phi) is 4.64. The first-order chi connectivity index (χ1) is 8.16. The SMILES string of the molecule is O=C(NCC1CCCO1)c1cc(I)ccc1Cl. The average molecular weight is 366 g/mol. The smallest absolute Gasteiger partial charge is 0.252 e. The van der Waals surface area contributed by atoms with Crippen LogP contribution in [-0.4, -0.2) is 25.2 Å². The second-order valence-corrected chi connectivity index (χ2v) is 5.62. The van der Waals surface area contributed by atoms with Crippen molar-refractivity contribution in [2.24, 2.45) is 0 Å². The number of rotatable bonds is 3. The number of carbonyl (C=O) groups is 1. The summed E-state index contributed by atoms with van der Waals surface area (Å²) in [5.41, 5.74) is 0.525. The average Bonchev–Trinajstić information content (AvgIpc) is 2.82. The molecule has 1 aromatic rings. The number of hydrogen-bond acceptors (Lipinski definition) is 2. The van der Waals surface area contributed by atoms with Crippen LogP contribution in [-0.2, 0) is 4.74 Å². The Morgan fingerprint density at radius 1 is 1.59 bits per heavy atom. The molecule has 0 aliphatic carbocycles. The van der Waals surface area contributed by atoms with Gasteiger partial charge in [-0.15, -0.1) is 0 Å². The topological polar surface area (TPSA) is 38.3 Å². The van der Waals surface area contributed by atoms with E-state index in [1.807, 2.05) is 6.07 Å². The highest BCUT2D eigenvalue weighted by molar-refractivity contribution is 14.1. The highest BCUT2D eigenvalue weighted by atomic mass is 127. The Morgan fingerprint density at radius 3 is 3.12 bits per heavy atom. The van der Waals surface area contributed by atoms with Gasteiger partial charge in [0.25, 0.3) is 5.91 Å². The molecule has 1 fully saturated rings. The molecule has 3 nitrogen and oxygen atoms in total. The first kappa shape index (κ1) is 13.1. The zero-order valence-corrected chi connectivity index (χ0v) is 12.1. The summed E-state index contributed by atoms with van der Waals surface area (Å²) < 4.78 is 6.44. The van der Waals surface area contributed by atoms with E-state index in [1.54, 1.807) is 12.1 Å². The molecule has 92 valence electrons. The van der Waals surface area contributed by atoms with Gasteiger partial charge in [0, 0.05) is 16.7 Å². The monoisotopic (exact) mass is 365 g/mol. The van der Waals surface area contributed by atoms with Gasteiger partial charge >= 0.3 is 0 Å². The van der Waals surface area contributed by atoms with Crippen LogP contribution in [0.15, 0.2) is 18.2 Å². The van der Waals surface area contributed by atoms with Crippen LogP contribution >= 0.6 is 34.2 Å². The van der Waals surface area contributed by atoms with Crippen LogP contribution < -0.4 is 5.32 Å². The summed E-state index contributed by atoms with van der Waals surface area (Å²) in [5, 5.41) is 3.34. The third-order valence-corrected chi connectivity index (χ3v) is 3.69. The molecular weight excluding hydrogens is 352 g/mol. The maximum Gasteiger partial charge on any atom is 0.252 e. The summed E-state index contributed by atoms with van der Waals surface area (Å²) in [6, 6.07) is 5.40. The summed E-state index contributed by atoms with van der Waals surface area (Å²) in [6.07, 6.45) is 2.24. The molecule has 1 amide bonds. The Bertz CT molecular complexity index is 419. The molecule has 0 saturated carbocycles. The number of benzene rings is 1. The van der Waals surface area contributed by atoms with Crippen molar-refractivity contribution in [3.05, 3.63) is 32.4 Å². The molecule has 0 bridgehead atoms. The third kappa shape index (κ3) is 3.56. The molecule has 0 aromatic heterocycles. The molecule has 1 saturated heterocycles. The lowest BCUT2D eigenvalue weighted by atomic mass is 10.2. The van der Waals surface area contributed by atoms with Crippen molar-refractivity contribution in [3.63, 3.8) is 0 Å². The van der Waals surface area contributed by atoms with E-state index in [4.69, 9.17) is 16.3 Å². The van der Waals surface area contributed by atoms with E-state index in [9.17, 15) is 4.79 Å². The summed E-state index contributed by atoms with van der Waals surface area (Å²) >= 11 is 8.15. The van der Waals surface area contributed by atoms with Gasteiger partial charge in [-0.25, -0.2) is 0 Å². The molecule has 1 unspecified atom stereocenters. The molecule has 1 aliphatic rings. The van der Waals surface area contributed by atoms with Gasteiger partial charge in [0.15, 0.2) is 0 Å². The maximum atomic E-state index is 11.9. The number of hydrogen-bond donors (Lipinski definition) is 1. The van der Waals surface area contributed by atoms with E-state index < -0.39 is 0 Å². The van der Waals surface area contributed by atoms with E-state index in [1.165, 1.54) is 0 Å². The molecule has 2 rings (SSSR count). The molecule has 0 spiro atoms. The molecule has 1 aliphatic heterocycles. The minimum atomic E-state index is -0.135. The van der Waals surface area contributed by atoms with Crippen molar-refractivity contribution >= 4 is 40.1 Å². The number of halogens is 2. The Labute approximate surface area is 119 Å². The van der Waals surface area contributed by atoms with E-state index in [0.717, 1.165) is 23.0 Å². The van der Waals surface area contributed by atoms with E-state index in [0.29, 0.717) is 17.1 Å². The van der Waals surface area contributed by atoms with Crippen LogP contribution in [0.25, 0.3) is 0 Å². The zero-order chi connectivity index (χ0) is 12.3. The minimum Gasteiger partial charge on any atom is -0.376 e. The molecule has 0 radical (unpaired) electrons. The van der Waals surface area contributed by atoms with Crippen molar-refractivity contribution in [3.8, 4) is 0 Å². The van der Waals surface area contributed by atoms with Gasteiger partial charge < -0.3 is 10.1 Å². The standard InChI is InChI=1S/C12H13ClINO2/c13-11-4-3-8(14)6-10(11)12(16)15-7-9-2-1-5-17-9/h3-4,6,9H,1-2,5,7H2,(H,15,16). The molecule has 1 N–H and O–H groups in total. The van der Waals surface area contributed by atoms with Crippen molar-refractivity contribution < 1.29 is 9.53 Å². The molecule has 1 atom stereocenters. The first-order valence-corrected chi connectivity index (χ1v) is 6.97. The molecular formula is C12H13ClINO2. The zero-order valence-electron chi connectivity index (χ0n) is 9.21. The Hall–Kier alpha value is -0.330. The van der Waals surface area contributed by atoms with Crippen molar-refractivity contribution in [2.45, 2.75) is 18.9 Å². The molecule has 5 heteroatoms. The summed E-state index contributed by atoms with van der Waals surface area (Å²) in [7, 11) is 0. The summed E-state index contributed by atoms with van der Waals surface area (Å²) in [6.45, 7) is 1.35. The fourth-order valence-electron chi connectivity index (χ4n) is 1.78. The normalized spacial score (nSPS) is 19.3. The Balaban J connectivity index is 1.96. The van der Waals surface area contributed by atoms with Crippen LogP contribution in [0.2, 0.25) is 5.02 Å². The fourth-order valence-corrected chi connectivity index (χ4v) is 2.47. The quantitative estimate of drug-likeness (QED) is 0.837.